The number of benzene rings is 1. The number of rotatable bonds is 6. The van der Waals surface area contributed by atoms with E-state index in [-0.39, 0.29) is 5.41 Å². The average Bonchev–Trinajstić information content (AvgIpc) is 2.41. The summed E-state index contributed by atoms with van der Waals surface area (Å²) >= 11 is 0. The predicted octanol–water partition coefficient (Wildman–Crippen LogP) is 6.09. The Morgan fingerprint density at radius 3 is 2.25 bits per heavy atom. The molecule has 0 aromatic heterocycles. The van der Waals surface area contributed by atoms with E-state index in [1.807, 2.05) is 0 Å². The molecule has 0 aliphatic heterocycles. The molecule has 110 valence electrons. The van der Waals surface area contributed by atoms with Crippen molar-refractivity contribution in [1.29, 1.82) is 0 Å². The van der Waals surface area contributed by atoms with Crippen LogP contribution in [0, 0.1) is 11.8 Å². The summed E-state index contributed by atoms with van der Waals surface area (Å²) in [5, 5.41) is 0. The summed E-state index contributed by atoms with van der Waals surface area (Å²) in [4.78, 5) is 0. The van der Waals surface area contributed by atoms with E-state index in [1.54, 1.807) is 0 Å². The van der Waals surface area contributed by atoms with Gasteiger partial charge in [0, 0.05) is 12.0 Å². The van der Waals surface area contributed by atoms with Gasteiger partial charge in [-0.15, -0.1) is 0 Å². The maximum atomic E-state index is 3.37. The molecule has 1 aromatic carbocycles. The highest BCUT2D eigenvalue weighted by atomic mass is 14.2. The quantitative estimate of drug-likeness (QED) is 0.433. The van der Waals surface area contributed by atoms with Crippen molar-refractivity contribution in [1.82, 2.24) is 0 Å². The number of hydrogen-bond acceptors (Lipinski definition) is 0. The van der Waals surface area contributed by atoms with Crippen molar-refractivity contribution in [3.63, 3.8) is 0 Å². The van der Waals surface area contributed by atoms with Crippen LogP contribution in [-0.2, 0) is 5.41 Å². The molecule has 0 saturated heterocycles. The first-order chi connectivity index (χ1) is 9.55. The molecular weight excluding hydrogens is 240 g/mol. The SMILES string of the molecule is CCCCCCCCC#Cc1ccccc1C(C)(C)C. The van der Waals surface area contributed by atoms with Crippen molar-refractivity contribution in [2.75, 3.05) is 0 Å². The molecule has 0 amide bonds. The molecule has 0 N–H and O–H groups in total. The largest absolute Gasteiger partial charge is 0.0979 e. The van der Waals surface area contributed by atoms with Crippen molar-refractivity contribution in [3.05, 3.63) is 35.4 Å². The zero-order valence-electron chi connectivity index (χ0n) is 13.8. The van der Waals surface area contributed by atoms with Gasteiger partial charge in [-0.2, -0.15) is 0 Å². The van der Waals surface area contributed by atoms with Crippen LogP contribution in [0.4, 0.5) is 0 Å². The van der Waals surface area contributed by atoms with Crippen molar-refractivity contribution in [3.8, 4) is 11.8 Å². The first-order valence-corrected chi connectivity index (χ1v) is 8.14. The van der Waals surface area contributed by atoms with Gasteiger partial charge < -0.3 is 0 Å². The maximum Gasteiger partial charge on any atom is 0.0282 e. The van der Waals surface area contributed by atoms with E-state index >= 15 is 0 Å². The van der Waals surface area contributed by atoms with E-state index in [0.717, 1.165) is 6.42 Å². The highest BCUT2D eigenvalue weighted by molar-refractivity contribution is 5.44. The Bertz CT molecular complexity index is 437. The molecule has 0 aliphatic carbocycles. The van der Waals surface area contributed by atoms with Crippen LogP contribution >= 0.6 is 0 Å². The standard InChI is InChI=1S/C20H30/c1-5-6-7-8-9-10-11-12-15-18-16-13-14-17-19(18)20(2,3)4/h13-14,16-17H,5-11H2,1-4H3. The average molecular weight is 270 g/mol. The zero-order valence-corrected chi connectivity index (χ0v) is 13.8. The fourth-order valence-electron chi connectivity index (χ4n) is 2.40. The molecule has 0 unspecified atom stereocenters. The van der Waals surface area contributed by atoms with E-state index in [9.17, 15) is 0 Å². The van der Waals surface area contributed by atoms with E-state index in [0.29, 0.717) is 0 Å². The molecular formula is C20H30. The zero-order chi connectivity index (χ0) is 14.8. The Hall–Kier alpha value is -1.22. The fraction of sp³-hybridized carbons (Fsp3) is 0.600. The second-order valence-corrected chi connectivity index (χ2v) is 6.62. The lowest BCUT2D eigenvalue weighted by atomic mass is 9.84. The minimum Gasteiger partial charge on any atom is -0.0979 e. The summed E-state index contributed by atoms with van der Waals surface area (Å²) in [6.45, 7) is 9.02. The van der Waals surface area contributed by atoms with E-state index in [1.165, 1.54) is 49.7 Å². The van der Waals surface area contributed by atoms with Gasteiger partial charge in [0.15, 0.2) is 0 Å². The molecule has 0 heteroatoms. The van der Waals surface area contributed by atoms with Crippen LogP contribution in [0.15, 0.2) is 24.3 Å². The van der Waals surface area contributed by atoms with Crippen LogP contribution in [0.25, 0.3) is 0 Å². The van der Waals surface area contributed by atoms with Crippen LogP contribution in [0.3, 0.4) is 0 Å². The second-order valence-electron chi connectivity index (χ2n) is 6.62. The molecule has 1 rings (SSSR count). The van der Waals surface area contributed by atoms with E-state index in [2.05, 4.69) is 63.8 Å². The lowest BCUT2D eigenvalue weighted by molar-refractivity contribution is 0.588. The molecule has 0 fully saturated rings. The number of unbranched alkanes of at least 4 members (excludes halogenated alkanes) is 6. The normalized spacial score (nSPS) is 11.0. The first kappa shape index (κ1) is 16.8. The van der Waals surface area contributed by atoms with E-state index < -0.39 is 0 Å². The maximum absolute atomic E-state index is 3.37. The third kappa shape index (κ3) is 6.29. The van der Waals surface area contributed by atoms with Gasteiger partial charge in [0.2, 0.25) is 0 Å². The second kappa shape index (κ2) is 8.85. The Morgan fingerprint density at radius 2 is 1.55 bits per heavy atom. The van der Waals surface area contributed by atoms with Crippen LogP contribution in [-0.4, -0.2) is 0 Å². The van der Waals surface area contributed by atoms with Crippen LogP contribution in [0.1, 0.15) is 83.8 Å². The lowest BCUT2D eigenvalue weighted by Crippen LogP contribution is -2.12. The van der Waals surface area contributed by atoms with Crippen molar-refractivity contribution in [2.45, 2.75) is 78.1 Å². The summed E-state index contributed by atoms with van der Waals surface area (Å²) in [6.07, 6.45) is 9.06. The summed E-state index contributed by atoms with van der Waals surface area (Å²) in [6, 6.07) is 8.55. The highest BCUT2D eigenvalue weighted by Gasteiger charge is 2.15. The predicted molar refractivity (Wildman–Crippen MR) is 90.0 cm³/mol. The molecule has 0 saturated carbocycles. The molecule has 0 nitrogen and oxygen atoms in total. The van der Waals surface area contributed by atoms with Crippen LogP contribution < -0.4 is 0 Å². The molecule has 0 atom stereocenters. The third-order valence-corrected chi connectivity index (χ3v) is 3.61. The van der Waals surface area contributed by atoms with Crippen molar-refractivity contribution < 1.29 is 0 Å². The van der Waals surface area contributed by atoms with Gasteiger partial charge in [0.25, 0.3) is 0 Å². The Morgan fingerprint density at radius 1 is 0.900 bits per heavy atom. The molecule has 0 bridgehead atoms. The fourth-order valence-corrected chi connectivity index (χ4v) is 2.40. The van der Waals surface area contributed by atoms with Gasteiger partial charge in [0.05, 0.1) is 0 Å². The minimum absolute atomic E-state index is 0.172. The van der Waals surface area contributed by atoms with Crippen molar-refractivity contribution >= 4 is 0 Å². The van der Waals surface area contributed by atoms with Gasteiger partial charge in [-0.25, -0.2) is 0 Å². The summed E-state index contributed by atoms with van der Waals surface area (Å²) in [5.74, 6) is 6.73. The molecule has 0 radical (unpaired) electrons. The molecule has 0 aliphatic rings. The minimum atomic E-state index is 0.172. The molecule has 20 heavy (non-hydrogen) atoms. The highest BCUT2D eigenvalue weighted by Crippen LogP contribution is 2.25. The molecule has 0 spiro atoms. The van der Waals surface area contributed by atoms with Crippen LogP contribution in [0.5, 0.6) is 0 Å². The Balaban J connectivity index is 2.44. The molecule has 1 aromatic rings. The topological polar surface area (TPSA) is 0 Å². The van der Waals surface area contributed by atoms with Crippen LogP contribution in [0.2, 0.25) is 0 Å². The summed E-state index contributed by atoms with van der Waals surface area (Å²) in [5.41, 5.74) is 2.73. The smallest absolute Gasteiger partial charge is 0.0282 e. The van der Waals surface area contributed by atoms with E-state index in [4.69, 9.17) is 0 Å². The number of hydrogen-bond donors (Lipinski definition) is 0. The summed E-state index contributed by atoms with van der Waals surface area (Å²) < 4.78 is 0. The molecule has 0 heterocycles. The van der Waals surface area contributed by atoms with Gasteiger partial charge in [-0.3, -0.25) is 0 Å². The Kier molecular flexibility index (Phi) is 7.45. The monoisotopic (exact) mass is 270 g/mol. The third-order valence-electron chi connectivity index (χ3n) is 3.61. The Labute approximate surface area is 126 Å². The van der Waals surface area contributed by atoms with Gasteiger partial charge in [0.1, 0.15) is 0 Å². The van der Waals surface area contributed by atoms with Gasteiger partial charge in [-0.1, -0.05) is 89.8 Å². The summed E-state index contributed by atoms with van der Waals surface area (Å²) in [7, 11) is 0. The lowest BCUT2D eigenvalue weighted by Gasteiger charge is -2.20. The van der Waals surface area contributed by atoms with Gasteiger partial charge >= 0.3 is 0 Å². The van der Waals surface area contributed by atoms with Crippen molar-refractivity contribution in [2.24, 2.45) is 0 Å². The first-order valence-electron chi connectivity index (χ1n) is 8.14. The van der Waals surface area contributed by atoms with Gasteiger partial charge in [-0.05, 0) is 23.5 Å².